The molecule has 98 valence electrons. The quantitative estimate of drug-likeness (QED) is 0.443. The van der Waals surface area contributed by atoms with Gasteiger partial charge in [-0.05, 0) is 19.3 Å². The molecule has 1 saturated heterocycles. The number of rotatable bonds is 3. The van der Waals surface area contributed by atoms with Crippen LogP contribution in [0.1, 0.15) is 46.5 Å². The first-order valence-electron chi connectivity index (χ1n) is 6.63. The summed E-state index contributed by atoms with van der Waals surface area (Å²) in [5.74, 6) is 0.682. The van der Waals surface area contributed by atoms with E-state index in [4.69, 9.17) is 4.84 Å². The number of hydrogen-bond donors (Lipinski definition) is 0. The van der Waals surface area contributed by atoms with Gasteiger partial charge < -0.3 is 4.84 Å². The maximum Gasteiger partial charge on any atom is 0.145 e. The average molecular weight is 350 g/mol. The molecule has 1 fully saturated rings. The Hall–Kier alpha value is 0.160. The number of piperidine rings is 1. The fourth-order valence-corrected chi connectivity index (χ4v) is 3.29. The summed E-state index contributed by atoms with van der Waals surface area (Å²) in [5, 5.41) is 4.32. The highest BCUT2D eigenvalue weighted by Crippen LogP contribution is 2.36. The molecule has 0 aromatic heterocycles. The Morgan fingerprint density at radius 2 is 2.00 bits per heavy atom. The number of likely N-dealkylation sites (tertiary alicyclic amines) is 1. The van der Waals surface area contributed by atoms with E-state index < -0.39 is 0 Å². The van der Waals surface area contributed by atoms with Crippen LogP contribution in [-0.2, 0) is 4.84 Å². The van der Waals surface area contributed by atoms with Gasteiger partial charge in [-0.25, -0.2) is 0 Å². The molecule has 0 radical (unpaired) electrons. The van der Waals surface area contributed by atoms with E-state index >= 15 is 0 Å². The summed E-state index contributed by atoms with van der Waals surface area (Å²) in [7, 11) is 0. The van der Waals surface area contributed by atoms with Gasteiger partial charge in [-0.15, -0.1) is 0 Å². The van der Waals surface area contributed by atoms with Crippen LogP contribution in [0.15, 0.2) is 5.16 Å². The van der Waals surface area contributed by atoms with Crippen molar-refractivity contribution in [2.24, 2.45) is 11.1 Å². The van der Waals surface area contributed by atoms with Gasteiger partial charge in [0.05, 0.1) is 9.76 Å². The SMILES string of the molecule is CC(C)CC1=NOC2(CCN(C(C)I)CC2)C1. The maximum atomic E-state index is 5.78. The van der Waals surface area contributed by atoms with Crippen LogP contribution in [0.3, 0.4) is 0 Å². The Labute approximate surface area is 118 Å². The van der Waals surface area contributed by atoms with Gasteiger partial charge in [-0.2, -0.15) is 0 Å². The van der Waals surface area contributed by atoms with Crippen molar-refractivity contribution in [2.45, 2.75) is 56.1 Å². The van der Waals surface area contributed by atoms with Crippen molar-refractivity contribution in [3.63, 3.8) is 0 Å². The topological polar surface area (TPSA) is 24.8 Å². The summed E-state index contributed by atoms with van der Waals surface area (Å²) < 4.78 is 0.627. The van der Waals surface area contributed by atoms with Gasteiger partial charge in [-0.1, -0.05) is 41.6 Å². The van der Waals surface area contributed by atoms with Gasteiger partial charge in [-0.3, -0.25) is 4.90 Å². The second kappa shape index (κ2) is 5.43. The molecule has 2 heterocycles. The van der Waals surface area contributed by atoms with Crippen LogP contribution in [0, 0.1) is 5.92 Å². The smallest absolute Gasteiger partial charge is 0.145 e. The molecule has 2 aliphatic heterocycles. The highest BCUT2D eigenvalue weighted by Gasteiger charge is 2.42. The zero-order chi connectivity index (χ0) is 12.5. The molecule has 0 N–H and O–H groups in total. The summed E-state index contributed by atoms with van der Waals surface area (Å²) in [5.41, 5.74) is 1.32. The largest absolute Gasteiger partial charge is 0.389 e. The van der Waals surface area contributed by atoms with Crippen LogP contribution in [0.4, 0.5) is 0 Å². The number of hydrogen-bond acceptors (Lipinski definition) is 3. The lowest BCUT2D eigenvalue weighted by molar-refractivity contribution is -0.0615. The molecule has 0 aliphatic carbocycles. The summed E-state index contributed by atoms with van der Waals surface area (Å²) in [4.78, 5) is 8.31. The summed E-state index contributed by atoms with van der Waals surface area (Å²) in [6.07, 6.45) is 4.42. The van der Waals surface area contributed by atoms with Crippen LogP contribution in [0.5, 0.6) is 0 Å². The van der Waals surface area contributed by atoms with Crippen LogP contribution < -0.4 is 0 Å². The van der Waals surface area contributed by atoms with Gasteiger partial charge in [0.25, 0.3) is 0 Å². The lowest BCUT2D eigenvalue weighted by Gasteiger charge is -2.38. The summed E-state index contributed by atoms with van der Waals surface area (Å²) in [6.45, 7) is 9.04. The molecule has 2 rings (SSSR count). The van der Waals surface area contributed by atoms with Crippen molar-refractivity contribution in [1.29, 1.82) is 0 Å². The van der Waals surface area contributed by atoms with Crippen LogP contribution in [0.25, 0.3) is 0 Å². The summed E-state index contributed by atoms with van der Waals surface area (Å²) >= 11 is 2.49. The third-order valence-electron chi connectivity index (χ3n) is 3.75. The number of nitrogens with zero attached hydrogens (tertiary/aromatic N) is 2. The lowest BCUT2D eigenvalue weighted by Crippen LogP contribution is -2.46. The fraction of sp³-hybridized carbons (Fsp3) is 0.923. The highest BCUT2D eigenvalue weighted by molar-refractivity contribution is 14.1. The van der Waals surface area contributed by atoms with Crippen molar-refractivity contribution in [1.82, 2.24) is 4.90 Å². The number of halogens is 1. The lowest BCUT2D eigenvalue weighted by atomic mass is 9.85. The van der Waals surface area contributed by atoms with Crippen molar-refractivity contribution >= 4 is 28.3 Å². The normalized spacial score (nSPS) is 26.1. The first kappa shape index (κ1) is 13.6. The molecule has 1 atom stereocenters. The second-order valence-corrected chi connectivity index (χ2v) is 7.62. The van der Waals surface area contributed by atoms with Gasteiger partial charge in [0.2, 0.25) is 0 Å². The van der Waals surface area contributed by atoms with Crippen molar-refractivity contribution < 1.29 is 4.84 Å². The molecule has 4 heteroatoms. The van der Waals surface area contributed by atoms with Crippen LogP contribution >= 0.6 is 22.6 Å². The minimum Gasteiger partial charge on any atom is -0.389 e. The molecule has 1 unspecified atom stereocenters. The van der Waals surface area contributed by atoms with E-state index in [9.17, 15) is 0 Å². The Morgan fingerprint density at radius 1 is 1.35 bits per heavy atom. The maximum absolute atomic E-state index is 5.78. The van der Waals surface area contributed by atoms with E-state index in [1.807, 2.05) is 0 Å². The molecule has 17 heavy (non-hydrogen) atoms. The average Bonchev–Trinajstić information content (AvgIpc) is 2.61. The van der Waals surface area contributed by atoms with E-state index in [0.29, 0.717) is 9.97 Å². The Kier molecular flexibility index (Phi) is 4.34. The molecule has 0 aromatic rings. The van der Waals surface area contributed by atoms with Crippen molar-refractivity contribution in [3.8, 4) is 0 Å². The first-order valence-corrected chi connectivity index (χ1v) is 7.87. The molecule has 0 saturated carbocycles. The molecular formula is C13H23IN2O. The van der Waals surface area contributed by atoms with Gasteiger partial charge in [0.1, 0.15) is 5.60 Å². The zero-order valence-electron chi connectivity index (χ0n) is 11.1. The second-order valence-electron chi connectivity index (χ2n) is 5.82. The fourth-order valence-electron chi connectivity index (χ4n) is 2.73. The zero-order valence-corrected chi connectivity index (χ0v) is 13.2. The number of alkyl halides is 1. The van der Waals surface area contributed by atoms with E-state index in [-0.39, 0.29) is 5.60 Å². The van der Waals surface area contributed by atoms with E-state index in [2.05, 4.69) is 53.4 Å². The van der Waals surface area contributed by atoms with E-state index in [1.54, 1.807) is 0 Å². The highest BCUT2D eigenvalue weighted by atomic mass is 127. The first-order chi connectivity index (χ1) is 8.01. The van der Waals surface area contributed by atoms with Crippen LogP contribution in [0.2, 0.25) is 0 Å². The van der Waals surface area contributed by atoms with Gasteiger partial charge in [0.15, 0.2) is 0 Å². The molecule has 1 spiro atoms. The number of oxime groups is 1. The Morgan fingerprint density at radius 3 is 2.53 bits per heavy atom. The van der Waals surface area contributed by atoms with Gasteiger partial charge >= 0.3 is 0 Å². The van der Waals surface area contributed by atoms with E-state index in [1.165, 1.54) is 5.71 Å². The summed E-state index contributed by atoms with van der Waals surface area (Å²) in [6, 6.07) is 0. The van der Waals surface area contributed by atoms with Crippen molar-refractivity contribution in [3.05, 3.63) is 0 Å². The standard InChI is InChI=1S/C13H23IN2O/c1-10(2)8-12-9-13(17-15-12)4-6-16(7-5-13)11(3)14/h10-11H,4-9H2,1-3H3. The third-order valence-corrected chi connectivity index (χ3v) is 4.54. The van der Waals surface area contributed by atoms with Crippen molar-refractivity contribution in [2.75, 3.05) is 13.1 Å². The van der Waals surface area contributed by atoms with Gasteiger partial charge in [0, 0.05) is 32.4 Å². The minimum absolute atomic E-state index is 0.0479. The third kappa shape index (κ3) is 3.34. The molecule has 0 amide bonds. The molecule has 0 aromatic carbocycles. The molecule has 3 nitrogen and oxygen atoms in total. The predicted octanol–water partition coefficient (Wildman–Crippen LogP) is 3.42. The van der Waals surface area contributed by atoms with Crippen LogP contribution in [-0.4, -0.2) is 33.4 Å². The Balaban J connectivity index is 1.85. The molecular weight excluding hydrogens is 327 g/mol. The van der Waals surface area contributed by atoms with E-state index in [0.717, 1.165) is 38.8 Å². The molecule has 2 aliphatic rings. The predicted molar refractivity (Wildman–Crippen MR) is 79.6 cm³/mol. The molecule has 0 bridgehead atoms. The minimum atomic E-state index is 0.0479. The monoisotopic (exact) mass is 350 g/mol. The Bertz CT molecular complexity index is 294.